The highest BCUT2D eigenvalue weighted by atomic mass is 19.1. The van der Waals surface area contributed by atoms with E-state index in [4.69, 9.17) is 11.4 Å². The van der Waals surface area contributed by atoms with Crippen molar-refractivity contribution in [3.63, 3.8) is 0 Å². The minimum absolute atomic E-state index is 0.00735. The fourth-order valence-corrected chi connectivity index (χ4v) is 5.07. The molecule has 0 radical (unpaired) electrons. The first-order valence-corrected chi connectivity index (χ1v) is 13.9. The van der Waals surface area contributed by atoms with E-state index in [9.17, 15) is 4.79 Å². The van der Waals surface area contributed by atoms with E-state index in [2.05, 4.69) is 42.7 Å². The molecule has 0 saturated heterocycles. The zero-order valence-corrected chi connectivity index (χ0v) is 24.2. The number of terminal acetylenes is 1. The molecule has 1 fully saturated rings. The van der Waals surface area contributed by atoms with Crippen molar-refractivity contribution >= 4 is 29.2 Å². The number of nitrogens with zero attached hydrogens (tertiary/aromatic N) is 3. The summed E-state index contributed by atoms with van der Waals surface area (Å²) in [6, 6.07) is 14.7. The van der Waals surface area contributed by atoms with E-state index in [1.807, 2.05) is 55.9 Å². The topological polar surface area (TPSA) is 45.6 Å². The fourth-order valence-electron chi connectivity index (χ4n) is 5.07. The van der Waals surface area contributed by atoms with Crippen molar-refractivity contribution in [1.82, 2.24) is 9.88 Å². The molecule has 4 nitrogen and oxygen atoms in total. The van der Waals surface area contributed by atoms with Crippen molar-refractivity contribution in [2.75, 3.05) is 14.1 Å². The number of allylic oxidation sites excluding steroid dienone is 5. The van der Waals surface area contributed by atoms with Crippen molar-refractivity contribution in [1.29, 1.82) is 0 Å². The number of hydrogen-bond donors (Lipinski definition) is 0. The molecule has 1 aliphatic carbocycles. The average molecular weight is 538 g/mol. The van der Waals surface area contributed by atoms with Crippen LogP contribution in [0.3, 0.4) is 0 Å². The summed E-state index contributed by atoms with van der Waals surface area (Å²) in [5.41, 5.74) is 5.02. The molecule has 0 amide bonds. The third-order valence-electron chi connectivity index (χ3n) is 7.39. The quantitative estimate of drug-likeness (QED) is 0.126. The first-order valence-electron chi connectivity index (χ1n) is 13.9. The smallest absolute Gasteiger partial charge is 0.132 e. The van der Waals surface area contributed by atoms with Gasteiger partial charge in [0.1, 0.15) is 11.5 Å². The predicted octanol–water partition coefficient (Wildman–Crippen LogP) is 8.18. The number of carbonyl (C=O) groups excluding carboxylic acids is 1. The zero-order chi connectivity index (χ0) is 29.1. The Bertz CT molecular complexity index is 1370. The van der Waals surface area contributed by atoms with Crippen LogP contribution in [0.1, 0.15) is 69.2 Å². The zero-order valence-electron chi connectivity index (χ0n) is 24.2. The number of aliphatic imine (C=N–C) groups is 1. The predicted molar refractivity (Wildman–Crippen MR) is 167 cm³/mol. The molecule has 1 aromatic carbocycles. The van der Waals surface area contributed by atoms with Crippen LogP contribution in [0.4, 0.5) is 4.39 Å². The Balaban J connectivity index is 1.99. The van der Waals surface area contributed by atoms with Gasteiger partial charge in [-0.2, -0.15) is 0 Å². The Morgan fingerprint density at radius 1 is 1.27 bits per heavy atom. The van der Waals surface area contributed by atoms with Crippen LogP contribution in [0.2, 0.25) is 0 Å². The maximum atomic E-state index is 15.6. The van der Waals surface area contributed by atoms with Gasteiger partial charge in [-0.25, -0.2) is 9.37 Å². The van der Waals surface area contributed by atoms with Gasteiger partial charge in [0.15, 0.2) is 0 Å². The third-order valence-corrected chi connectivity index (χ3v) is 7.39. The first-order chi connectivity index (χ1) is 19.2. The van der Waals surface area contributed by atoms with Gasteiger partial charge in [-0.05, 0) is 86.4 Å². The average Bonchev–Trinajstić information content (AvgIpc) is 2.96. The normalized spacial score (nSPS) is 20.1. The molecule has 40 heavy (non-hydrogen) atoms. The van der Waals surface area contributed by atoms with Crippen molar-refractivity contribution in [2.45, 2.75) is 58.0 Å². The Kier molecular flexibility index (Phi) is 11.0. The van der Waals surface area contributed by atoms with Crippen LogP contribution in [0.25, 0.3) is 28.5 Å². The van der Waals surface area contributed by atoms with E-state index >= 15 is 4.39 Å². The van der Waals surface area contributed by atoms with Crippen LogP contribution >= 0.6 is 0 Å². The van der Waals surface area contributed by atoms with E-state index in [0.29, 0.717) is 32.1 Å². The summed E-state index contributed by atoms with van der Waals surface area (Å²) in [6.45, 7) is 7.63. The van der Waals surface area contributed by atoms with E-state index in [0.717, 1.165) is 45.6 Å². The highest BCUT2D eigenvalue weighted by Crippen LogP contribution is 2.38. The Hall–Kier alpha value is -4.04. The molecule has 0 spiro atoms. The minimum atomic E-state index is -1.29. The minimum Gasteiger partial charge on any atom is -0.311 e. The summed E-state index contributed by atoms with van der Waals surface area (Å²) in [4.78, 5) is 22.6. The van der Waals surface area contributed by atoms with Gasteiger partial charge in [-0.15, -0.1) is 0 Å². The van der Waals surface area contributed by atoms with E-state index in [1.54, 1.807) is 24.9 Å². The van der Waals surface area contributed by atoms with Gasteiger partial charge in [-0.3, -0.25) is 9.79 Å². The van der Waals surface area contributed by atoms with Crippen molar-refractivity contribution in [2.24, 2.45) is 10.9 Å². The monoisotopic (exact) mass is 537 g/mol. The number of carbonyl (C=O) groups is 1. The SMILES string of the molecule is C#CN(C)/C=C(\C=C)c1cccc(-c2ccc(C(/C=N\C)=C/CC)c(/C=C/CC3(F)CCC(C(C)=O)CC3)n2)c1. The van der Waals surface area contributed by atoms with E-state index in [-0.39, 0.29) is 11.7 Å². The summed E-state index contributed by atoms with van der Waals surface area (Å²) < 4.78 is 15.6. The van der Waals surface area contributed by atoms with Crippen LogP contribution < -0.4 is 0 Å². The molecule has 1 aromatic heterocycles. The first kappa shape index (κ1) is 30.5. The summed E-state index contributed by atoms with van der Waals surface area (Å²) in [6.07, 6.45) is 20.1. The summed E-state index contributed by atoms with van der Waals surface area (Å²) in [5.74, 6) is 0.158. The number of pyridine rings is 1. The molecular formula is C35H40FN3O. The van der Waals surface area contributed by atoms with Crippen LogP contribution in [0.15, 0.2) is 72.4 Å². The number of ketones is 1. The maximum absolute atomic E-state index is 15.6. The molecule has 0 unspecified atom stereocenters. The van der Waals surface area contributed by atoms with Gasteiger partial charge < -0.3 is 4.90 Å². The molecule has 1 heterocycles. The number of Topliss-reactive ketones (excluding diaryl/α,β-unsaturated/α-hetero) is 1. The molecule has 3 rings (SSSR count). The lowest BCUT2D eigenvalue weighted by molar-refractivity contribution is -0.122. The van der Waals surface area contributed by atoms with Gasteiger partial charge >= 0.3 is 0 Å². The highest BCUT2D eigenvalue weighted by molar-refractivity contribution is 6.10. The van der Waals surface area contributed by atoms with Crippen LogP contribution in [-0.4, -0.2) is 41.6 Å². The van der Waals surface area contributed by atoms with E-state index < -0.39 is 5.67 Å². The largest absolute Gasteiger partial charge is 0.311 e. The number of halogens is 1. The molecule has 1 aliphatic rings. The molecule has 0 bridgehead atoms. The summed E-state index contributed by atoms with van der Waals surface area (Å²) in [7, 11) is 3.56. The van der Waals surface area contributed by atoms with Crippen molar-refractivity contribution < 1.29 is 9.18 Å². The Morgan fingerprint density at radius 3 is 2.65 bits per heavy atom. The number of hydrogen-bond acceptors (Lipinski definition) is 4. The highest BCUT2D eigenvalue weighted by Gasteiger charge is 2.35. The lowest BCUT2D eigenvalue weighted by Gasteiger charge is -2.32. The second-order valence-electron chi connectivity index (χ2n) is 10.3. The van der Waals surface area contributed by atoms with Gasteiger partial charge in [0.25, 0.3) is 0 Å². The molecule has 0 N–H and O–H groups in total. The van der Waals surface area contributed by atoms with Gasteiger partial charge in [0, 0.05) is 49.6 Å². The van der Waals surface area contributed by atoms with Gasteiger partial charge in [0.2, 0.25) is 0 Å². The molecular weight excluding hydrogens is 497 g/mol. The summed E-state index contributed by atoms with van der Waals surface area (Å²) >= 11 is 0. The van der Waals surface area contributed by atoms with Crippen molar-refractivity contribution in [3.05, 3.63) is 84.2 Å². The molecule has 5 heteroatoms. The molecule has 208 valence electrons. The van der Waals surface area contributed by atoms with Gasteiger partial charge in [0.05, 0.1) is 11.4 Å². The Morgan fingerprint density at radius 2 is 2.02 bits per heavy atom. The standard InChI is InChI=1S/C35H40FN3O/c1-7-12-31(24-37-5)32-16-17-33(30-14-10-13-29(23-30)27(8-2)25-39(6)9-3)38-34(32)15-11-20-35(36)21-18-28(19-22-35)26(4)40/h3,8,10-17,23-25,28H,2,7,18-22H2,1,4-6H3/b15-11+,27-25+,31-12+,37-24-. The molecule has 1 saturated carbocycles. The number of alkyl halides is 1. The molecule has 0 aliphatic heterocycles. The second-order valence-corrected chi connectivity index (χ2v) is 10.3. The maximum Gasteiger partial charge on any atom is 0.132 e. The third kappa shape index (κ3) is 7.99. The Labute approximate surface area is 239 Å². The molecule has 2 aromatic rings. The lowest BCUT2D eigenvalue weighted by atomic mass is 9.77. The lowest BCUT2D eigenvalue weighted by Crippen LogP contribution is -2.31. The molecule has 0 atom stereocenters. The van der Waals surface area contributed by atoms with Crippen LogP contribution in [0, 0.1) is 18.4 Å². The number of rotatable bonds is 11. The van der Waals surface area contributed by atoms with Crippen LogP contribution in [-0.2, 0) is 4.79 Å². The fraction of sp³-hybridized carbons (Fsp3) is 0.343. The van der Waals surface area contributed by atoms with Gasteiger partial charge in [-0.1, -0.05) is 56.4 Å². The second kappa shape index (κ2) is 14.4. The van der Waals surface area contributed by atoms with E-state index in [1.165, 1.54) is 0 Å². The number of aromatic nitrogens is 1. The van der Waals surface area contributed by atoms with Crippen molar-refractivity contribution in [3.8, 4) is 23.7 Å². The number of benzene rings is 1. The van der Waals surface area contributed by atoms with Crippen LogP contribution in [0.5, 0.6) is 0 Å². The summed E-state index contributed by atoms with van der Waals surface area (Å²) in [5, 5.41) is 0.